The maximum atomic E-state index is 6.12. The molecule has 0 saturated heterocycles. The minimum Gasteiger partial charge on any atom is -0.377 e. The Hall–Kier alpha value is -1.36. The molecule has 1 aliphatic rings. The third-order valence-corrected chi connectivity index (χ3v) is 4.48. The molecule has 0 bridgehead atoms. The Morgan fingerprint density at radius 1 is 1.18 bits per heavy atom. The summed E-state index contributed by atoms with van der Waals surface area (Å²) in [6.07, 6.45) is 2.47. The number of hydrogen-bond acceptors (Lipinski definition) is 3. The van der Waals surface area contributed by atoms with Crippen LogP contribution in [0, 0.1) is 0 Å². The van der Waals surface area contributed by atoms with E-state index in [1.54, 1.807) is 0 Å². The molecule has 2 heterocycles. The maximum absolute atomic E-state index is 6.12. The predicted molar refractivity (Wildman–Crippen MR) is 90.7 cm³/mol. The van der Waals surface area contributed by atoms with Gasteiger partial charge >= 0.3 is 0 Å². The molecule has 0 radical (unpaired) electrons. The van der Waals surface area contributed by atoms with Crippen LogP contribution < -0.4 is 5.73 Å². The molecule has 0 spiro atoms. The van der Waals surface area contributed by atoms with Crippen LogP contribution in [-0.2, 0) is 24.9 Å². The number of aromatic nitrogens is 1. The van der Waals surface area contributed by atoms with Gasteiger partial charge in [-0.1, -0.05) is 0 Å². The van der Waals surface area contributed by atoms with Gasteiger partial charge in [0.1, 0.15) is 0 Å². The summed E-state index contributed by atoms with van der Waals surface area (Å²) in [6.45, 7) is 10.0. The fraction of sp³-hybridized carbons (Fsp3) is 0.556. The van der Waals surface area contributed by atoms with Crippen LogP contribution in [0.3, 0.4) is 0 Å². The molecule has 1 unspecified atom stereocenters. The molecule has 120 valence electrons. The third kappa shape index (κ3) is 2.91. The normalized spacial score (nSPS) is 16.6. The van der Waals surface area contributed by atoms with Crippen LogP contribution in [0.15, 0.2) is 18.3 Å². The summed E-state index contributed by atoms with van der Waals surface area (Å²) >= 11 is 0. The van der Waals surface area contributed by atoms with Gasteiger partial charge in [0.05, 0.1) is 12.7 Å². The molecule has 22 heavy (non-hydrogen) atoms. The summed E-state index contributed by atoms with van der Waals surface area (Å²) in [5.74, 6) is 0. The Morgan fingerprint density at radius 2 is 1.86 bits per heavy atom. The van der Waals surface area contributed by atoms with Gasteiger partial charge in [-0.25, -0.2) is 0 Å². The van der Waals surface area contributed by atoms with Crippen molar-refractivity contribution in [3.05, 3.63) is 35.0 Å². The number of aryl methyl sites for hydroxylation is 1. The highest BCUT2D eigenvalue weighted by Crippen LogP contribution is 2.32. The van der Waals surface area contributed by atoms with E-state index < -0.39 is 0 Å². The van der Waals surface area contributed by atoms with Crippen LogP contribution in [0.2, 0.25) is 0 Å². The third-order valence-electron chi connectivity index (χ3n) is 4.48. The zero-order valence-electron chi connectivity index (χ0n) is 14.1. The summed E-state index contributed by atoms with van der Waals surface area (Å²) in [6, 6.07) is 4.74. The first-order chi connectivity index (χ1) is 10.5. The number of ether oxygens (including phenoxy) is 1. The lowest BCUT2D eigenvalue weighted by Gasteiger charge is -2.15. The lowest BCUT2D eigenvalue weighted by molar-refractivity contribution is 0.0584. The number of nitrogens with two attached hydrogens (primary N) is 1. The Bertz CT molecular complexity index is 673. The molecule has 4 heteroatoms. The van der Waals surface area contributed by atoms with E-state index in [1.807, 2.05) is 0 Å². The summed E-state index contributed by atoms with van der Waals surface area (Å²) in [5, 5.41) is 1.30. The molecule has 1 aromatic carbocycles. The number of rotatable bonds is 5. The average Bonchev–Trinajstić information content (AvgIpc) is 2.97. The van der Waals surface area contributed by atoms with Gasteiger partial charge in [-0.2, -0.15) is 0 Å². The second kappa shape index (κ2) is 6.03. The number of nitrogens with zero attached hydrogens (tertiary/aromatic N) is 2. The molecule has 2 aromatic rings. The molecule has 0 aliphatic carbocycles. The highest BCUT2D eigenvalue weighted by atomic mass is 16.5. The van der Waals surface area contributed by atoms with Crippen molar-refractivity contribution in [2.45, 2.75) is 46.0 Å². The molecular weight excluding hydrogens is 274 g/mol. The zero-order chi connectivity index (χ0) is 15.9. The van der Waals surface area contributed by atoms with E-state index in [2.05, 4.69) is 55.6 Å². The molecule has 1 aromatic heterocycles. The quantitative estimate of drug-likeness (QED) is 0.923. The van der Waals surface area contributed by atoms with Crippen LogP contribution >= 0.6 is 0 Å². The largest absolute Gasteiger partial charge is 0.377 e. The van der Waals surface area contributed by atoms with Crippen LogP contribution in [0.4, 0.5) is 0 Å². The van der Waals surface area contributed by atoms with E-state index in [-0.39, 0.29) is 6.04 Å². The molecule has 3 rings (SSSR count). The van der Waals surface area contributed by atoms with Gasteiger partial charge in [-0.3, -0.25) is 4.90 Å². The first kappa shape index (κ1) is 15.5. The fourth-order valence-corrected chi connectivity index (χ4v) is 3.32. The topological polar surface area (TPSA) is 43.4 Å². The van der Waals surface area contributed by atoms with Crippen LogP contribution in [0.5, 0.6) is 0 Å². The van der Waals surface area contributed by atoms with Gasteiger partial charge in [0.2, 0.25) is 0 Å². The van der Waals surface area contributed by atoms with Gasteiger partial charge in [0.25, 0.3) is 0 Å². The second-order valence-electron chi connectivity index (χ2n) is 6.75. The van der Waals surface area contributed by atoms with E-state index in [0.29, 0.717) is 6.10 Å². The second-order valence-corrected chi connectivity index (χ2v) is 6.75. The van der Waals surface area contributed by atoms with Gasteiger partial charge in [-0.15, -0.1) is 0 Å². The Balaban J connectivity index is 1.81. The van der Waals surface area contributed by atoms with Crippen molar-refractivity contribution in [2.24, 2.45) is 12.8 Å². The molecule has 0 amide bonds. The van der Waals surface area contributed by atoms with E-state index in [0.717, 1.165) is 26.2 Å². The zero-order valence-corrected chi connectivity index (χ0v) is 14.1. The summed E-state index contributed by atoms with van der Waals surface area (Å²) < 4.78 is 7.87. The van der Waals surface area contributed by atoms with Crippen molar-refractivity contribution in [2.75, 3.05) is 13.2 Å². The first-order valence-electron chi connectivity index (χ1n) is 8.16. The van der Waals surface area contributed by atoms with Crippen LogP contribution in [0.1, 0.15) is 43.5 Å². The lowest BCUT2D eigenvalue weighted by Crippen LogP contribution is -2.23. The van der Waals surface area contributed by atoms with Gasteiger partial charge in [-0.05, 0) is 49.6 Å². The highest BCUT2D eigenvalue weighted by molar-refractivity contribution is 5.86. The van der Waals surface area contributed by atoms with Gasteiger partial charge in [0, 0.05) is 49.8 Å². The molecule has 4 nitrogen and oxygen atoms in total. The summed E-state index contributed by atoms with van der Waals surface area (Å²) in [5.41, 5.74) is 11.5. The highest BCUT2D eigenvalue weighted by Gasteiger charge is 2.21. The van der Waals surface area contributed by atoms with Crippen molar-refractivity contribution in [3.8, 4) is 0 Å². The van der Waals surface area contributed by atoms with Crippen LogP contribution in [-0.4, -0.2) is 28.7 Å². The number of fused-ring (bicyclic) bond motifs is 2. The minimum absolute atomic E-state index is 0.0682. The van der Waals surface area contributed by atoms with Crippen molar-refractivity contribution in [1.82, 2.24) is 9.47 Å². The lowest BCUT2D eigenvalue weighted by atomic mass is 10.0. The number of benzene rings is 1. The van der Waals surface area contributed by atoms with Gasteiger partial charge < -0.3 is 15.0 Å². The molecule has 0 fully saturated rings. The summed E-state index contributed by atoms with van der Waals surface area (Å²) in [4.78, 5) is 2.46. The fourth-order valence-electron chi connectivity index (χ4n) is 3.32. The van der Waals surface area contributed by atoms with Crippen molar-refractivity contribution >= 4 is 10.9 Å². The average molecular weight is 301 g/mol. The monoisotopic (exact) mass is 301 g/mol. The molecular formula is C18H27N3O. The molecule has 0 saturated carbocycles. The molecule has 1 atom stereocenters. The number of hydrogen-bond donors (Lipinski definition) is 1. The summed E-state index contributed by atoms with van der Waals surface area (Å²) in [7, 11) is 2.10. The van der Waals surface area contributed by atoms with Crippen molar-refractivity contribution in [1.29, 1.82) is 0 Å². The molecule has 2 N–H and O–H groups in total. The Labute approximate surface area is 132 Å². The maximum Gasteiger partial charge on any atom is 0.0597 e. The van der Waals surface area contributed by atoms with E-state index in [1.165, 1.54) is 27.6 Å². The first-order valence-corrected chi connectivity index (χ1v) is 8.16. The van der Waals surface area contributed by atoms with E-state index in [9.17, 15) is 0 Å². The SMILES string of the molecule is CC(C)OCCN1Cc2cc3c(C(C)N)cn(C)c3cc2C1. The smallest absolute Gasteiger partial charge is 0.0597 e. The van der Waals surface area contributed by atoms with Crippen LogP contribution in [0.25, 0.3) is 10.9 Å². The van der Waals surface area contributed by atoms with Crippen molar-refractivity contribution in [3.63, 3.8) is 0 Å². The Morgan fingerprint density at radius 3 is 2.50 bits per heavy atom. The van der Waals surface area contributed by atoms with Gasteiger partial charge in [0.15, 0.2) is 0 Å². The van der Waals surface area contributed by atoms with E-state index in [4.69, 9.17) is 10.5 Å². The van der Waals surface area contributed by atoms with E-state index >= 15 is 0 Å². The Kier molecular flexibility index (Phi) is 4.26. The van der Waals surface area contributed by atoms with Crippen molar-refractivity contribution < 1.29 is 4.74 Å². The minimum atomic E-state index is 0.0682. The standard InChI is InChI=1S/C18H27N3O/c1-12(2)22-6-5-21-9-14-7-16-17(13(3)19)11-20(4)18(16)8-15(14)10-21/h7-8,11-13H,5-6,9-10,19H2,1-4H3. The molecule has 1 aliphatic heterocycles. The predicted octanol–water partition coefficient (Wildman–Crippen LogP) is 2.94.